The van der Waals surface area contributed by atoms with Crippen LogP contribution in [0.1, 0.15) is 56.7 Å². The topological polar surface area (TPSA) is 103 Å². The van der Waals surface area contributed by atoms with Crippen molar-refractivity contribution in [2.45, 2.75) is 63.9 Å². The van der Waals surface area contributed by atoms with Gasteiger partial charge in [-0.3, -0.25) is 19.2 Å². The van der Waals surface area contributed by atoms with Gasteiger partial charge < -0.3 is 14.8 Å². The van der Waals surface area contributed by atoms with Gasteiger partial charge in [0, 0.05) is 35.7 Å². The first kappa shape index (κ1) is 32.8. The molecule has 3 heterocycles. The van der Waals surface area contributed by atoms with Crippen molar-refractivity contribution in [1.82, 2.24) is 20.0 Å². The second kappa shape index (κ2) is 12.7. The highest BCUT2D eigenvalue weighted by atomic mass is 35.5. The number of hydrogen-bond acceptors (Lipinski definition) is 7. The number of alkyl carbamates (subject to hydrolysis) is 1. The molecule has 5 rings (SSSR count). The number of nitrogens with zero attached hydrogens (tertiary/aromatic N) is 3. The molecule has 240 valence electrons. The van der Waals surface area contributed by atoms with Crippen LogP contribution in [0.2, 0.25) is 5.02 Å². The Morgan fingerprint density at radius 2 is 1.89 bits per heavy atom. The fourth-order valence-corrected chi connectivity index (χ4v) is 6.36. The van der Waals surface area contributed by atoms with Gasteiger partial charge in [-0.1, -0.05) is 23.7 Å². The Bertz CT molecular complexity index is 1660. The SMILES string of the molecule is CC(C)(C)OC(=O)NC1(CCN2C(=O)SC(=Cc3ccc4c(cnn4Cc4ccc(Cl)cc4C(F)(F)F)c3)C2=O)CCOCC1. The van der Waals surface area contributed by atoms with Crippen molar-refractivity contribution in [3.05, 3.63) is 69.2 Å². The maximum atomic E-state index is 13.6. The fraction of sp³-hybridized carbons (Fsp3) is 0.419. The number of halogens is 4. The molecule has 2 aliphatic heterocycles. The number of carbonyl (C=O) groups is 3. The lowest BCUT2D eigenvalue weighted by molar-refractivity contribution is -0.138. The number of benzene rings is 2. The van der Waals surface area contributed by atoms with Crippen LogP contribution in [0.3, 0.4) is 0 Å². The zero-order valence-electron chi connectivity index (χ0n) is 24.9. The predicted molar refractivity (Wildman–Crippen MR) is 165 cm³/mol. The smallest absolute Gasteiger partial charge is 0.416 e. The first-order chi connectivity index (χ1) is 21.1. The van der Waals surface area contributed by atoms with Gasteiger partial charge in [0.05, 0.1) is 28.7 Å². The summed E-state index contributed by atoms with van der Waals surface area (Å²) in [6.07, 6.45) is -0.623. The molecule has 0 spiro atoms. The number of carbonyl (C=O) groups excluding carboxylic acids is 3. The number of nitrogens with one attached hydrogen (secondary N) is 1. The summed E-state index contributed by atoms with van der Waals surface area (Å²) in [5.74, 6) is -0.442. The summed E-state index contributed by atoms with van der Waals surface area (Å²) in [6.45, 7) is 6.16. The largest absolute Gasteiger partial charge is 0.444 e. The molecule has 2 aromatic carbocycles. The Morgan fingerprint density at radius 3 is 2.58 bits per heavy atom. The number of hydrogen-bond donors (Lipinski definition) is 1. The molecule has 45 heavy (non-hydrogen) atoms. The molecule has 2 aliphatic rings. The summed E-state index contributed by atoms with van der Waals surface area (Å²) in [6, 6.07) is 8.81. The molecule has 1 N–H and O–H groups in total. The lowest BCUT2D eigenvalue weighted by Crippen LogP contribution is -2.54. The van der Waals surface area contributed by atoms with Crippen molar-refractivity contribution < 1.29 is 37.0 Å². The maximum Gasteiger partial charge on any atom is 0.416 e. The third-order valence-electron chi connectivity index (χ3n) is 7.56. The van der Waals surface area contributed by atoms with E-state index in [0.717, 1.165) is 17.8 Å². The van der Waals surface area contributed by atoms with Crippen LogP contribution in [0, 0.1) is 0 Å². The van der Waals surface area contributed by atoms with Crippen molar-refractivity contribution in [2.75, 3.05) is 19.8 Å². The summed E-state index contributed by atoms with van der Waals surface area (Å²) in [5.41, 5.74) is -0.933. The average molecular weight is 665 g/mol. The fourth-order valence-electron chi connectivity index (χ4n) is 5.32. The van der Waals surface area contributed by atoms with Gasteiger partial charge in [0.25, 0.3) is 11.1 Å². The highest BCUT2D eigenvalue weighted by Gasteiger charge is 2.40. The van der Waals surface area contributed by atoms with Crippen LogP contribution >= 0.6 is 23.4 Å². The third kappa shape index (κ3) is 7.82. The Hall–Kier alpha value is -3.55. The molecule has 0 bridgehead atoms. The second-order valence-corrected chi connectivity index (χ2v) is 13.5. The highest BCUT2D eigenvalue weighted by molar-refractivity contribution is 8.18. The van der Waals surface area contributed by atoms with Crippen LogP contribution in [0.15, 0.2) is 47.5 Å². The van der Waals surface area contributed by atoms with E-state index in [4.69, 9.17) is 21.1 Å². The molecule has 2 fully saturated rings. The molecular formula is C31H32ClF3N4O5S. The van der Waals surface area contributed by atoms with Crippen molar-refractivity contribution in [3.63, 3.8) is 0 Å². The van der Waals surface area contributed by atoms with Gasteiger partial charge in [-0.05, 0) is 93.3 Å². The molecule has 0 aliphatic carbocycles. The van der Waals surface area contributed by atoms with Crippen molar-refractivity contribution in [3.8, 4) is 0 Å². The molecule has 1 aromatic heterocycles. The lowest BCUT2D eigenvalue weighted by atomic mass is 9.86. The minimum atomic E-state index is -4.57. The monoisotopic (exact) mass is 664 g/mol. The molecule has 2 saturated heterocycles. The number of thioether (sulfide) groups is 1. The zero-order valence-corrected chi connectivity index (χ0v) is 26.4. The van der Waals surface area contributed by atoms with Gasteiger partial charge in [-0.2, -0.15) is 18.3 Å². The maximum absolute atomic E-state index is 13.6. The van der Waals surface area contributed by atoms with Crippen LogP contribution in [0.5, 0.6) is 0 Å². The molecule has 14 heteroatoms. The number of ether oxygens (including phenoxy) is 2. The molecule has 3 amide bonds. The van der Waals surface area contributed by atoms with E-state index in [1.807, 2.05) is 0 Å². The van der Waals surface area contributed by atoms with Crippen molar-refractivity contribution in [1.29, 1.82) is 0 Å². The Kier molecular flexibility index (Phi) is 9.25. The lowest BCUT2D eigenvalue weighted by Gasteiger charge is -2.39. The molecule has 3 aromatic rings. The van der Waals surface area contributed by atoms with Gasteiger partial charge in [0.15, 0.2) is 0 Å². The number of amides is 3. The quantitative estimate of drug-likeness (QED) is 0.265. The van der Waals surface area contributed by atoms with Gasteiger partial charge in [0.2, 0.25) is 0 Å². The van der Waals surface area contributed by atoms with E-state index >= 15 is 0 Å². The number of imide groups is 1. The van der Waals surface area contributed by atoms with Gasteiger partial charge in [0.1, 0.15) is 5.60 Å². The Labute approximate surface area is 267 Å². The van der Waals surface area contributed by atoms with E-state index in [-0.39, 0.29) is 28.6 Å². The molecule has 0 saturated carbocycles. The Balaban J connectivity index is 1.29. The highest BCUT2D eigenvalue weighted by Crippen LogP contribution is 2.36. The third-order valence-corrected chi connectivity index (χ3v) is 8.71. The molecule has 0 unspecified atom stereocenters. The zero-order chi connectivity index (χ0) is 32.6. The number of rotatable bonds is 7. The first-order valence-electron chi connectivity index (χ1n) is 14.3. The number of alkyl halides is 3. The van der Waals surface area contributed by atoms with Gasteiger partial charge in [-0.25, -0.2) is 4.79 Å². The first-order valence-corrected chi connectivity index (χ1v) is 15.5. The van der Waals surface area contributed by atoms with Crippen LogP contribution in [-0.2, 0) is 27.0 Å². The van der Waals surface area contributed by atoms with E-state index in [0.29, 0.717) is 48.9 Å². The summed E-state index contributed by atoms with van der Waals surface area (Å²) < 4.78 is 53.2. The van der Waals surface area contributed by atoms with E-state index < -0.39 is 40.1 Å². The summed E-state index contributed by atoms with van der Waals surface area (Å²) in [4.78, 5) is 40.1. The molecule has 0 atom stereocenters. The minimum Gasteiger partial charge on any atom is -0.444 e. The Morgan fingerprint density at radius 1 is 1.16 bits per heavy atom. The van der Waals surface area contributed by atoms with E-state index in [9.17, 15) is 27.6 Å². The van der Waals surface area contributed by atoms with Crippen molar-refractivity contribution in [2.24, 2.45) is 0 Å². The average Bonchev–Trinajstić information content (AvgIpc) is 3.46. The van der Waals surface area contributed by atoms with E-state index in [1.54, 1.807) is 45.0 Å². The number of aromatic nitrogens is 2. The van der Waals surface area contributed by atoms with Gasteiger partial charge >= 0.3 is 12.3 Å². The van der Waals surface area contributed by atoms with Crippen molar-refractivity contribution >= 4 is 57.6 Å². The van der Waals surface area contributed by atoms with Crippen LogP contribution in [-0.4, -0.2) is 62.8 Å². The number of fused-ring (bicyclic) bond motifs is 1. The minimum absolute atomic E-state index is 0.00832. The van der Waals surface area contributed by atoms with Gasteiger partial charge in [-0.15, -0.1) is 0 Å². The molecule has 0 radical (unpaired) electrons. The normalized spacial score (nSPS) is 18.2. The van der Waals surface area contributed by atoms with E-state index in [1.165, 1.54) is 27.9 Å². The second-order valence-electron chi connectivity index (χ2n) is 12.0. The molecular weight excluding hydrogens is 633 g/mol. The summed E-state index contributed by atoms with van der Waals surface area (Å²) >= 11 is 6.63. The van der Waals surface area contributed by atoms with Crippen LogP contribution in [0.4, 0.5) is 22.8 Å². The van der Waals surface area contributed by atoms with Crippen LogP contribution in [0.25, 0.3) is 17.0 Å². The predicted octanol–water partition coefficient (Wildman–Crippen LogP) is 7.26. The molecule has 9 nitrogen and oxygen atoms in total. The standard InChI is InChI=1S/C31H32ClF3N4O5S/c1-29(2,3)44-27(41)37-30(9-12-43-13-10-30)8-11-38-26(40)25(45-28(38)42)15-19-4-7-24-21(14-19)17-36-39(24)18-20-5-6-22(32)16-23(20)31(33,34)35/h4-7,14-17H,8-13,18H2,1-3H3,(H,37,41). The van der Waals surface area contributed by atoms with E-state index in [2.05, 4.69) is 10.4 Å². The summed E-state index contributed by atoms with van der Waals surface area (Å²) in [7, 11) is 0. The van der Waals surface area contributed by atoms with Crippen LogP contribution < -0.4 is 5.32 Å². The summed E-state index contributed by atoms with van der Waals surface area (Å²) in [5, 5.41) is 7.47.